The molecule has 0 spiro atoms. The molecule has 7 heteroatoms. The van der Waals surface area contributed by atoms with Crippen LogP contribution in [0.5, 0.6) is 11.5 Å². The summed E-state index contributed by atoms with van der Waals surface area (Å²) in [7, 11) is 0. The summed E-state index contributed by atoms with van der Waals surface area (Å²) in [5.74, 6) is -2.46. The molecule has 0 unspecified atom stereocenters. The molecule has 3 aromatic rings. The molecule has 2 N–H and O–H groups in total. The number of benzene rings is 3. The van der Waals surface area contributed by atoms with Gasteiger partial charge in [-0.1, -0.05) is 24.3 Å². The number of aldehydes is 1. The zero-order chi connectivity index (χ0) is 16.7. The van der Waals surface area contributed by atoms with Crippen LogP contribution in [0.15, 0.2) is 36.4 Å². The fourth-order valence-corrected chi connectivity index (χ4v) is 2.63. The van der Waals surface area contributed by atoms with E-state index >= 15 is 0 Å². The number of nitrogens with zero attached hydrogens (tertiary/aromatic N) is 1. The smallest absolute Gasteiger partial charge is 0.315 e. The monoisotopic (exact) mass is 311 g/mol. The van der Waals surface area contributed by atoms with Crippen molar-refractivity contribution in [3.63, 3.8) is 0 Å². The van der Waals surface area contributed by atoms with Crippen molar-refractivity contribution in [2.75, 3.05) is 0 Å². The number of phenolic OH excluding ortho intramolecular Hbond substituents is 2. The fourth-order valence-electron chi connectivity index (χ4n) is 2.63. The minimum atomic E-state index is -0.887. The van der Waals surface area contributed by atoms with Gasteiger partial charge in [0.25, 0.3) is 0 Å². The average molecular weight is 311 g/mol. The molecule has 0 amide bonds. The number of fused-ring (bicyclic) bond motifs is 2. The molecule has 0 aliphatic heterocycles. The van der Waals surface area contributed by atoms with Gasteiger partial charge in [0.05, 0.1) is 4.92 Å². The van der Waals surface area contributed by atoms with Gasteiger partial charge in [-0.3, -0.25) is 19.7 Å². The van der Waals surface area contributed by atoms with Crippen LogP contribution in [-0.4, -0.2) is 27.2 Å². The normalized spacial score (nSPS) is 10.8. The molecule has 0 heterocycles. The number of hydrogen-bond acceptors (Lipinski definition) is 6. The molecule has 114 valence electrons. The molecule has 23 heavy (non-hydrogen) atoms. The molecule has 0 saturated heterocycles. The van der Waals surface area contributed by atoms with Crippen molar-refractivity contribution >= 4 is 39.3 Å². The summed E-state index contributed by atoms with van der Waals surface area (Å²) in [6.45, 7) is 0. The lowest BCUT2D eigenvalue weighted by molar-refractivity contribution is -0.385. The van der Waals surface area contributed by atoms with Gasteiger partial charge in [-0.05, 0) is 16.8 Å². The Morgan fingerprint density at radius 2 is 1.74 bits per heavy atom. The second kappa shape index (κ2) is 5.06. The lowest BCUT2D eigenvalue weighted by Crippen LogP contribution is -2.03. The van der Waals surface area contributed by atoms with E-state index in [1.807, 2.05) is 0 Å². The third-order valence-electron chi connectivity index (χ3n) is 3.64. The average Bonchev–Trinajstić information content (AvgIpc) is 2.55. The molecule has 0 aliphatic carbocycles. The number of ketones is 1. The first-order valence-corrected chi connectivity index (χ1v) is 6.50. The van der Waals surface area contributed by atoms with Crippen LogP contribution < -0.4 is 0 Å². The molecule has 3 aromatic carbocycles. The molecule has 0 atom stereocenters. The van der Waals surface area contributed by atoms with Crippen LogP contribution >= 0.6 is 0 Å². The highest BCUT2D eigenvalue weighted by molar-refractivity contribution is 6.40. The number of nitro benzene ring substituents is 1. The van der Waals surface area contributed by atoms with E-state index in [-0.39, 0.29) is 22.6 Å². The number of Topliss-reactive ketones (excluding diaryl/α,β-unsaturated/α-hetero) is 1. The first-order valence-electron chi connectivity index (χ1n) is 6.50. The Bertz CT molecular complexity index is 1010. The lowest BCUT2D eigenvalue weighted by Gasteiger charge is -2.11. The second-order valence-corrected chi connectivity index (χ2v) is 4.90. The lowest BCUT2D eigenvalue weighted by atomic mass is 9.93. The molecule has 0 saturated carbocycles. The first kappa shape index (κ1) is 14.5. The maximum absolute atomic E-state index is 12.0. The van der Waals surface area contributed by atoms with Crippen LogP contribution in [0.25, 0.3) is 21.5 Å². The van der Waals surface area contributed by atoms with Crippen molar-refractivity contribution in [3.05, 3.63) is 52.1 Å². The van der Waals surface area contributed by atoms with Crippen molar-refractivity contribution in [3.8, 4) is 11.5 Å². The number of aromatic hydroxyl groups is 2. The number of carbonyl (C=O) groups excluding carboxylic acids is 2. The molecule has 3 rings (SSSR count). The van der Waals surface area contributed by atoms with Crippen LogP contribution in [0, 0.1) is 10.1 Å². The van der Waals surface area contributed by atoms with Gasteiger partial charge in [0.1, 0.15) is 0 Å². The van der Waals surface area contributed by atoms with E-state index in [4.69, 9.17) is 0 Å². The summed E-state index contributed by atoms with van der Waals surface area (Å²) in [5, 5.41) is 31.9. The summed E-state index contributed by atoms with van der Waals surface area (Å²) in [6.07, 6.45) is 0.108. The van der Waals surface area contributed by atoms with Crippen molar-refractivity contribution in [1.82, 2.24) is 0 Å². The third-order valence-corrected chi connectivity index (χ3v) is 3.64. The highest BCUT2D eigenvalue weighted by atomic mass is 16.6. The Kier molecular flexibility index (Phi) is 3.18. The summed E-state index contributed by atoms with van der Waals surface area (Å²) in [6, 6.07) is 9.09. The Morgan fingerprint density at radius 3 is 2.39 bits per heavy atom. The van der Waals surface area contributed by atoms with Crippen molar-refractivity contribution < 1.29 is 24.7 Å². The van der Waals surface area contributed by atoms with Crippen LogP contribution in [0.4, 0.5) is 5.69 Å². The van der Waals surface area contributed by atoms with Crippen molar-refractivity contribution in [2.24, 2.45) is 0 Å². The van der Waals surface area contributed by atoms with Gasteiger partial charge in [0, 0.05) is 22.4 Å². The molecule has 0 fully saturated rings. The Hall–Kier alpha value is -3.48. The van der Waals surface area contributed by atoms with Gasteiger partial charge in [-0.15, -0.1) is 0 Å². The van der Waals surface area contributed by atoms with Crippen LogP contribution in [0.1, 0.15) is 10.4 Å². The summed E-state index contributed by atoms with van der Waals surface area (Å²) < 4.78 is 0. The van der Waals surface area contributed by atoms with Gasteiger partial charge in [-0.2, -0.15) is 0 Å². The fraction of sp³-hybridized carbons (Fsp3) is 0. The molecule has 7 nitrogen and oxygen atoms in total. The van der Waals surface area contributed by atoms with E-state index in [0.717, 1.165) is 6.07 Å². The minimum absolute atomic E-state index is 0.0304. The molecule has 0 aromatic heterocycles. The minimum Gasteiger partial charge on any atom is -0.504 e. The number of phenols is 2. The number of carbonyl (C=O) groups is 2. The molecule has 0 bridgehead atoms. The standard InChI is InChI=1S/C16H9NO6/c18-7-13(19)14-9-4-2-1-3-8(9)5-11-10(14)6-12(17(22)23)16(21)15(11)20/h1-7,20-21H. The number of nitro groups is 1. The van der Waals surface area contributed by atoms with Gasteiger partial charge in [0.15, 0.2) is 12.0 Å². The maximum atomic E-state index is 12.0. The summed E-state index contributed by atoms with van der Waals surface area (Å²) in [5.41, 5.74) is -0.795. The van der Waals surface area contributed by atoms with E-state index in [1.165, 1.54) is 6.07 Å². The van der Waals surface area contributed by atoms with E-state index in [2.05, 4.69) is 0 Å². The maximum Gasteiger partial charge on any atom is 0.315 e. The Labute approximate surface area is 128 Å². The third kappa shape index (κ3) is 2.06. The molecular formula is C16H9NO6. The Balaban J connectivity index is 2.62. The Morgan fingerprint density at radius 1 is 1.04 bits per heavy atom. The summed E-state index contributed by atoms with van der Waals surface area (Å²) in [4.78, 5) is 33.1. The predicted octanol–water partition coefficient (Wildman–Crippen LogP) is 2.69. The SMILES string of the molecule is O=CC(=O)c1c2ccccc2cc2c(O)c(O)c([N+](=O)[O-])cc12. The van der Waals surface area contributed by atoms with Gasteiger partial charge in [0.2, 0.25) is 11.5 Å². The van der Waals surface area contributed by atoms with Gasteiger partial charge < -0.3 is 10.2 Å². The quantitative estimate of drug-likeness (QED) is 0.146. The molecular weight excluding hydrogens is 302 g/mol. The molecule has 0 aliphatic rings. The van der Waals surface area contributed by atoms with E-state index in [1.54, 1.807) is 24.3 Å². The highest BCUT2D eigenvalue weighted by Crippen LogP contribution is 2.44. The van der Waals surface area contributed by atoms with Gasteiger partial charge in [-0.25, -0.2) is 0 Å². The van der Waals surface area contributed by atoms with E-state index in [9.17, 15) is 29.9 Å². The second-order valence-electron chi connectivity index (χ2n) is 4.90. The first-order chi connectivity index (χ1) is 11.0. The van der Waals surface area contributed by atoms with Crippen molar-refractivity contribution in [1.29, 1.82) is 0 Å². The van der Waals surface area contributed by atoms with E-state index in [0.29, 0.717) is 10.8 Å². The largest absolute Gasteiger partial charge is 0.504 e. The van der Waals surface area contributed by atoms with E-state index < -0.39 is 27.9 Å². The summed E-state index contributed by atoms with van der Waals surface area (Å²) >= 11 is 0. The number of hydrogen-bond donors (Lipinski definition) is 2. The topological polar surface area (TPSA) is 118 Å². The van der Waals surface area contributed by atoms with Gasteiger partial charge >= 0.3 is 5.69 Å². The number of rotatable bonds is 3. The predicted molar refractivity (Wildman–Crippen MR) is 81.8 cm³/mol. The zero-order valence-corrected chi connectivity index (χ0v) is 11.5. The molecule has 0 radical (unpaired) electrons. The van der Waals surface area contributed by atoms with Crippen molar-refractivity contribution in [2.45, 2.75) is 0 Å². The highest BCUT2D eigenvalue weighted by Gasteiger charge is 2.24. The van der Waals surface area contributed by atoms with Crippen LogP contribution in [-0.2, 0) is 4.79 Å². The zero-order valence-electron chi connectivity index (χ0n) is 11.5. The van der Waals surface area contributed by atoms with Crippen LogP contribution in [0.3, 0.4) is 0 Å². The van der Waals surface area contributed by atoms with Crippen LogP contribution in [0.2, 0.25) is 0 Å².